The molecule has 1 amide bonds. The van der Waals surface area contributed by atoms with Crippen molar-refractivity contribution < 1.29 is 9.53 Å². The fraction of sp³-hybridized carbons (Fsp3) is 0.938. The summed E-state index contributed by atoms with van der Waals surface area (Å²) in [5, 5.41) is 0. The van der Waals surface area contributed by atoms with Crippen molar-refractivity contribution in [2.45, 2.75) is 65.4 Å². The highest BCUT2D eigenvalue weighted by Gasteiger charge is 2.38. The van der Waals surface area contributed by atoms with Crippen LogP contribution in [-0.4, -0.2) is 43.2 Å². The van der Waals surface area contributed by atoms with Gasteiger partial charge in [-0.1, -0.05) is 26.7 Å². The molecule has 0 spiro atoms. The number of hydrogen-bond acceptors (Lipinski definition) is 3. The third kappa shape index (κ3) is 4.19. The van der Waals surface area contributed by atoms with E-state index < -0.39 is 0 Å². The van der Waals surface area contributed by atoms with Crippen LogP contribution in [0.15, 0.2) is 0 Å². The van der Waals surface area contributed by atoms with E-state index in [2.05, 4.69) is 13.8 Å². The van der Waals surface area contributed by atoms with E-state index in [1.165, 1.54) is 0 Å². The van der Waals surface area contributed by atoms with Crippen molar-refractivity contribution in [1.29, 1.82) is 0 Å². The summed E-state index contributed by atoms with van der Waals surface area (Å²) < 4.78 is 5.68. The SMILES string of the molecule is CCCC(CN)(CCC)C(=O)N(CC)CC1CCCO1. The molecule has 118 valence electrons. The Bertz CT molecular complexity index is 282. The molecule has 1 unspecified atom stereocenters. The third-order valence-corrected chi connectivity index (χ3v) is 4.42. The van der Waals surface area contributed by atoms with E-state index in [-0.39, 0.29) is 17.4 Å². The van der Waals surface area contributed by atoms with Gasteiger partial charge < -0.3 is 15.4 Å². The van der Waals surface area contributed by atoms with Crippen LogP contribution in [0.4, 0.5) is 0 Å². The number of carbonyl (C=O) groups is 1. The Morgan fingerprint density at radius 2 is 1.95 bits per heavy atom. The van der Waals surface area contributed by atoms with Gasteiger partial charge in [-0.25, -0.2) is 0 Å². The van der Waals surface area contributed by atoms with Crippen LogP contribution in [0, 0.1) is 5.41 Å². The quantitative estimate of drug-likeness (QED) is 0.708. The molecule has 0 saturated carbocycles. The van der Waals surface area contributed by atoms with Crippen molar-refractivity contribution in [2.24, 2.45) is 11.1 Å². The number of nitrogens with two attached hydrogens (primary N) is 1. The number of rotatable bonds is 9. The minimum Gasteiger partial charge on any atom is -0.376 e. The highest BCUT2D eigenvalue weighted by Crippen LogP contribution is 2.31. The third-order valence-electron chi connectivity index (χ3n) is 4.42. The summed E-state index contributed by atoms with van der Waals surface area (Å²) in [5.74, 6) is 0.238. The molecule has 0 radical (unpaired) electrons. The van der Waals surface area contributed by atoms with E-state index in [4.69, 9.17) is 10.5 Å². The molecule has 1 atom stereocenters. The molecule has 1 rings (SSSR count). The van der Waals surface area contributed by atoms with Crippen molar-refractivity contribution in [3.05, 3.63) is 0 Å². The molecule has 0 aliphatic carbocycles. The molecule has 1 fully saturated rings. The van der Waals surface area contributed by atoms with Gasteiger partial charge in [-0.3, -0.25) is 4.79 Å². The van der Waals surface area contributed by atoms with E-state index >= 15 is 0 Å². The normalized spacial score (nSPS) is 19.3. The Kier molecular flexibility index (Phi) is 7.52. The summed E-state index contributed by atoms with van der Waals surface area (Å²) in [6, 6.07) is 0. The van der Waals surface area contributed by atoms with Crippen LogP contribution >= 0.6 is 0 Å². The second-order valence-electron chi connectivity index (χ2n) is 5.96. The first-order chi connectivity index (χ1) is 9.63. The fourth-order valence-electron chi connectivity index (χ4n) is 3.31. The first-order valence-corrected chi connectivity index (χ1v) is 8.24. The topological polar surface area (TPSA) is 55.6 Å². The van der Waals surface area contributed by atoms with Gasteiger partial charge in [0.1, 0.15) is 0 Å². The van der Waals surface area contributed by atoms with Gasteiger partial charge in [-0.15, -0.1) is 0 Å². The van der Waals surface area contributed by atoms with Crippen molar-refractivity contribution in [2.75, 3.05) is 26.2 Å². The molecular weight excluding hydrogens is 252 g/mol. The van der Waals surface area contributed by atoms with Crippen LogP contribution in [0.25, 0.3) is 0 Å². The molecule has 4 heteroatoms. The van der Waals surface area contributed by atoms with E-state index in [1.807, 2.05) is 11.8 Å². The lowest BCUT2D eigenvalue weighted by Crippen LogP contribution is -2.50. The molecule has 1 heterocycles. The first-order valence-electron chi connectivity index (χ1n) is 8.24. The average Bonchev–Trinajstić information content (AvgIpc) is 2.96. The van der Waals surface area contributed by atoms with Crippen molar-refractivity contribution in [3.63, 3.8) is 0 Å². The zero-order chi connectivity index (χ0) is 15.0. The Hall–Kier alpha value is -0.610. The molecule has 0 aromatic heterocycles. The standard InChI is InChI=1S/C16H32N2O2/c1-4-9-16(13-17,10-5-2)15(19)18(6-3)12-14-8-7-11-20-14/h14H,4-13,17H2,1-3H3. The van der Waals surface area contributed by atoms with Crippen molar-refractivity contribution in [3.8, 4) is 0 Å². The number of carbonyl (C=O) groups excluding carboxylic acids is 1. The molecule has 0 bridgehead atoms. The summed E-state index contributed by atoms with van der Waals surface area (Å²) >= 11 is 0. The number of ether oxygens (including phenoxy) is 1. The Balaban J connectivity index is 2.77. The second kappa shape index (κ2) is 8.63. The highest BCUT2D eigenvalue weighted by molar-refractivity contribution is 5.83. The maximum Gasteiger partial charge on any atom is 0.230 e. The van der Waals surface area contributed by atoms with Crippen LogP contribution in [0.1, 0.15) is 59.3 Å². The van der Waals surface area contributed by atoms with Gasteiger partial charge in [0, 0.05) is 26.2 Å². The monoisotopic (exact) mass is 284 g/mol. The van der Waals surface area contributed by atoms with Crippen LogP contribution in [-0.2, 0) is 9.53 Å². The van der Waals surface area contributed by atoms with Crippen molar-refractivity contribution in [1.82, 2.24) is 4.90 Å². The zero-order valence-electron chi connectivity index (χ0n) is 13.5. The lowest BCUT2D eigenvalue weighted by atomic mass is 9.77. The van der Waals surface area contributed by atoms with E-state index in [0.29, 0.717) is 6.54 Å². The number of hydrogen-bond donors (Lipinski definition) is 1. The van der Waals surface area contributed by atoms with Gasteiger partial charge in [0.25, 0.3) is 0 Å². The van der Waals surface area contributed by atoms with Crippen LogP contribution in [0.2, 0.25) is 0 Å². The van der Waals surface area contributed by atoms with E-state index in [9.17, 15) is 4.79 Å². The molecule has 1 aliphatic rings. The summed E-state index contributed by atoms with van der Waals surface area (Å²) in [6.07, 6.45) is 6.18. The highest BCUT2D eigenvalue weighted by atomic mass is 16.5. The Morgan fingerprint density at radius 3 is 2.35 bits per heavy atom. The summed E-state index contributed by atoms with van der Waals surface area (Å²) in [6.45, 7) is 9.07. The van der Waals surface area contributed by atoms with Crippen LogP contribution in [0.3, 0.4) is 0 Å². The van der Waals surface area contributed by atoms with Gasteiger partial charge in [0.05, 0.1) is 11.5 Å². The van der Waals surface area contributed by atoms with Crippen molar-refractivity contribution >= 4 is 5.91 Å². The molecule has 1 aliphatic heterocycles. The van der Waals surface area contributed by atoms with Crippen LogP contribution in [0.5, 0.6) is 0 Å². The zero-order valence-corrected chi connectivity index (χ0v) is 13.5. The first kappa shape index (κ1) is 17.4. The fourth-order valence-corrected chi connectivity index (χ4v) is 3.31. The molecule has 1 saturated heterocycles. The smallest absolute Gasteiger partial charge is 0.230 e. The Labute approximate surface area is 124 Å². The van der Waals surface area contributed by atoms with Crippen LogP contribution < -0.4 is 5.73 Å². The maximum atomic E-state index is 13.0. The summed E-state index contributed by atoms with van der Waals surface area (Å²) in [4.78, 5) is 15.0. The predicted octanol–water partition coefficient (Wildman–Crippen LogP) is 2.56. The number of nitrogens with zero attached hydrogens (tertiary/aromatic N) is 1. The minimum atomic E-state index is -0.363. The maximum absolute atomic E-state index is 13.0. The molecule has 4 nitrogen and oxygen atoms in total. The molecule has 20 heavy (non-hydrogen) atoms. The molecule has 0 aromatic carbocycles. The minimum absolute atomic E-state index is 0.220. The van der Waals surface area contributed by atoms with Gasteiger partial charge in [0.15, 0.2) is 0 Å². The van der Waals surface area contributed by atoms with Gasteiger partial charge in [-0.2, -0.15) is 0 Å². The number of amides is 1. The van der Waals surface area contributed by atoms with E-state index in [0.717, 1.165) is 58.2 Å². The summed E-state index contributed by atoms with van der Waals surface area (Å²) in [7, 11) is 0. The summed E-state index contributed by atoms with van der Waals surface area (Å²) in [5.41, 5.74) is 5.64. The van der Waals surface area contributed by atoms with E-state index in [1.54, 1.807) is 0 Å². The lowest BCUT2D eigenvalue weighted by Gasteiger charge is -2.37. The number of likely N-dealkylation sites (N-methyl/N-ethyl adjacent to an activating group) is 1. The average molecular weight is 284 g/mol. The predicted molar refractivity (Wildman–Crippen MR) is 82.5 cm³/mol. The van der Waals surface area contributed by atoms with Gasteiger partial charge in [0.2, 0.25) is 5.91 Å². The van der Waals surface area contributed by atoms with Gasteiger partial charge in [-0.05, 0) is 32.6 Å². The lowest BCUT2D eigenvalue weighted by molar-refractivity contribution is -0.144. The van der Waals surface area contributed by atoms with Gasteiger partial charge >= 0.3 is 0 Å². The molecule has 2 N–H and O–H groups in total. The molecule has 0 aromatic rings. The second-order valence-corrected chi connectivity index (χ2v) is 5.96. The molecular formula is C16H32N2O2. The largest absolute Gasteiger partial charge is 0.376 e. The Morgan fingerprint density at radius 1 is 1.30 bits per heavy atom.